The molecule has 0 aliphatic carbocycles. The van der Waals surface area contributed by atoms with Gasteiger partial charge in [0.15, 0.2) is 18.8 Å². The number of carbonyl (C=O) groups is 3. The molecule has 3 heterocycles. The highest BCUT2D eigenvalue weighted by Crippen LogP contribution is 2.52. The van der Waals surface area contributed by atoms with Crippen LogP contribution in [0.4, 0.5) is 13.2 Å². The first-order chi connectivity index (χ1) is 12.6. The molecule has 7 nitrogen and oxygen atoms in total. The molecule has 0 N–H and O–H groups in total. The van der Waals surface area contributed by atoms with Gasteiger partial charge in [-0.25, -0.2) is 9.59 Å². The van der Waals surface area contributed by atoms with E-state index in [4.69, 9.17) is 14.2 Å². The van der Waals surface area contributed by atoms with Crippen molar-refractivity contribution in [3.05, 3.63) is 12.2 Å². The third-order valence-electron chi connectivity index (χ3n) is 5.12. The summed E-state index contributed by atoms with van der Waals surface area (Å²) < 4.78 is 57.6. The second-order valence-corrected chi connectivity index (χ2v) is 6.81. The van der Waals surface area contributed by atoms with E-state index in [1.807, 2.05) is 6.92 Å². The average Bonchev–Trinajstić information content (AvgIpc) is 3.20. The van der Waals surface area contributed by atoms with Crippen molar-refractivity contribution in [1.29, 1.82) is 0 Å². The number of unbranched alkanes of at least 4 members (excludes halogenated alkanes) is 1. The standard InChI is InChI=1S/C17H19F3O7/c1-3-4-5-8-10-12-14(27-16(10)23)13(11(8)26-12)25-9(21)6-24-15(22)7(2)17(18,19)20/h8,10-14H,2-6H2,1H3. The highest BCUT2D eigenvalue weighted by Gasteiger charge is 2.69. The first-order valence-corrected chi connectivity index (χ1v) is 8.63. The van der Waals surface area contributed by atoms with Gasteiger partial charge in [0, 0.05) is 5.92 Å². The molecule has 3 saturated heterocycles. The van der Waals surface area contributed by atoms with E-state index in [9.17, 15) is 27.6 Å². The molecular weight excluding hydrogens is 373 g/mol. The Morgan fingerprint density at radius 1 is 1.22 bits per heavy atom. The van der Waals surface area contributed by atoms with Gasteiger partial charge in [-0.2, -0.15) is 13.2 Å². The van der Waals surface area contributed by atoms with Crippen LogP contribution in [0.1, 0.15) is 26.2 Å². The lowest BCUT2D eigenvalue weighted by Crippen LogP contribution is -2.45. The fourth-order valence-electron chi connectivity index (χ4n) is 3.88. The summed E-state index contributed by atoms with van der Waals surface area (Å²) in [5.41, 5.74) is -1.72. The number of ether oxygens (including phenoxy) is 4. The normalized spacial score (nSPS) is 33.7. The molecule has 0 aromatic carbocycles. The fraction of sp³-hybridized carbons (Fsp3) is 0.706. The molecule has 3 aliphatic heterocycles. The van der Waals surface area contributed by atoms with Crippen molar-refractivity contribution in [3.8, 4) is 0 Å². The lowest BCUT2D eigenvalue weighted by molar-refractivity contribution is -0.170. The van der Waals surface area contributed by atoms with E-state index >= 15 is 0 Å². The molecule has 150 valence electrons. The summed E-state index contributed by atoms with van der Waals surface area (Å²) in [5, 5.41) is 0. The molecule has 0 amide bonds. The summed E-state index contributed by atoms with van der Waals surface area (Å²) in [6, 6.07) is 0. The predicted octanol–water partition coefficient (Wildman–Crippen LogP) is 1.69. The Balaban J connectivity index is 1.58. The number of hydrogen-bond donors (Lipinski definition) is 0. The molecule has 3 fully saturated rings. The van der Waals surface area contributed by atoms with E-state index in [-0.39, 0.29) is 17.8 Å². The van der Waals surface area contributed by atoms with Crippen molar-refractivity contribution in [2.24, 2.45) is 11.8 Å². The van der Waals surface area contributed by atoms with Crippen molar-refractivity contribution in [3.63, 3.8) is 0 Å². The van der Waals surface area contributed by atoms with Gasteiger partial charge in [0.25, 0.3) is 0 Å². The number of fused-ring (bicyclic) bond motifs is 1. The topological polar surface area (TPSA) is 88.1 Å². The molecule has 0 saturated carbocycles. The van der Waals surface area contributed by atoms with E-state index in [0.29, 0.717) is 6.42 Å². The van der Waals surface area contributed by atoms with Crippen molar-refractivity contribution >= 4 is 17.9 Å². The minimum Gasteiger partial charge on any atom is -0.455 e. The van der Waals surface area contributed by atoms with Crippen molar-refractivity contribution in [2.45, 2.75) is 56.8 Å². The minimum atomic E-state index is -4.95. The van der Waals surface area contributed by atoms with Crippen LogP contribution < -0.4 is 0 Å². The van der Waals surface area contributed by atoms with Crippen LogP contribution in [0.3, 0.4) is 0 Å². The zero-order valence-electron chi connectivity index (χ0n) is 14.5. The fourth-order valence-corrected chi connectivity index (χ4v) is 3.88. The number of carbonyl (C=O) groups excluding carboxylic acids is 3. The largest absolute Gasteiger partial charge is 0.455 e. The Bertz CT molecular complexity index is 659. The second kappa shape index (κ2) is 7.14. The Morgan fingerprint density at radius 2 is 1.93 bits per heavy atom. The SMILES string of the molecule is C=C(C(=O)OCC(=O)OC1C2OC3C1OC(=O)C3C2CCCC)C(F)(F)F. The number of hydrogen-bond acceptors (Lipinski definition) is 7. The van der Waals surface area contributed by atoms with Gasteiger partial charge in [-0.3, -0.25) is 4.79 Å². The van der Waals surface area contributed by atoms with Crippen LogP contribution in [-0.4, -0.2) is 55.1 Å². The summed E-state index contributed by atoms with van der Waals surface area (Å²) in [5.74, 6) is -3.72. The third-order valence-corrected chi connectivity index (χ3v) is 5.12. The third kappa shape index (κ3) is 3.54. The summed E-state index contributed by atoms with van der Waals surface area (Å²) >= 11 is 0. The quantitative estimate of drug-likeness (QED) is 0.370. The maximum Gasteiger partial charge on any atom is 0.422 e. The van der Waals surface area contributed by atoms with Gasteiger partial charge in [0.05, 0.1) is 5.92 Å². The molecule has 6 atom stereocenters. The summed E-state index contributed by atoms with van der Waals surface area (Å²) in [7, 11) is 0. The van der Waals surface area contributed by atoms with E-state index in [1.165, 1.54) is 0 Å². The number of alkyl halides is 3. The van der Waals surface area contributed by atoms with Crippen LogP contribution >= 0.6 is 0 Å². The maximum absolute atomic E-state index is 12.4. The van der Waals surface area contributed by atoms with Gasteiger partial charge < -0.3 is 18.9 Å². The van der Waals surface area contributed by atoms with Gasteiger partial charge in [0.1, 0.15) is 17.8 Å². The molecule has 0 aromatic rings. The van der Waals surface area contributed by atoms with Crippen molar-refractivity contribution < 1.29 is 46.5 Å². The van der Waals surface area contributed by atoms with Gasteiger partial charge in [0.2, 0.25) is 0 Å². The van der Waals surface area contributed by atoms with Crippen LogP contribution in [0.15, 0.2) is 12.2 Å². The van der Waals surface area contributed by atoms with Gasteiger partial charge in [-0.15, -0.1) is 0 Å². The highest BCUT2D eigenvalue weighted by molar-refractivity contribution is 5.90. The zero-order chi connectivity index (χ0) is 19.9. The predicted molar refractivity (Wildman–Crippen MR) is 81.1 cm³/mol. The van der Waals surface area contributed by atoms with E-state index in [0.717, 1.165) is 12.8 Å². The average molecular weight is 392 g/mol. The maximum atomic E-state index is 12.4. The molecule has 0 radical (unpaired) electrons. The molecule has 3 rings (SSSR count). The molecule has 3 aliphatic rings. The molecule has 27 heavy (non-hydrogen) atoms. The molecule has 2 bridgehead atoms. The number of halogens is 3. The Labute approximate surface area is 152 Å². The lowest BCUT2D eigenvalue weighted by atomic mass is 9.76. The van der Waals surface area contributed by atoms with Crippen LogP contribution in [0.25, 0.3) is 0 Å². The summed E-state index contributed by atoms with van der Waals surface area (Å²) in [6.07, 6.45) is -5.07. The Morgan fingerprint density at radius 3 is 2.56 bits per heavy atom. The monoisotopic (exact) mass is 392 g/mol. The number of esters is 3. The van der Waals surface area contributed by atoms with Crippen molar-refractivity contribution in [1.82, 2.24) is 0 Å². The van der Waals surface area contributed by atoms with Crippen molar-refractivity contribution in [2.75, 3.05) is 6.61 Å². The zero-order valence-corrected chi connectivity index (χ0v) is 14.5. The summed E-state index contributed by atoms with van der Waals surface area (Å²) in [6.45, 7) is 3.58. The van der Waals surface area contributed by atoms with E-state index < -0.39 is 54.7 Å². The first kappa shape index (κ1) is 19.7. The van der Waals surface area contributed by atoms with Crippen LogP contribution in [-0.2, 0) is 33.3 Å². The van der Waals surface area contributed by atoms with E-state index in [2.05, 4.69) is 11.3 Å². The molecule has 6 unspecified atom stereocenters. The highest BCUT2D eigenvalue weighted by atomic mass is 19.4. The summed E-state index contributed by atoms with van der Waals surface area (Å²) in [4.78, 5) is 35.2. The van der Waals surface area contributed by atoms with Crippen LogP contribution in [0, 0.1) is 11.8 Å². The van der Waals surface area contributed by atoms with Crippen LogP contribution in [0.2, 0.25) is 0 Å². The van der Waals surface area contributed by atoms with Crippen LogP contribution in [0.5, 0.6) is 0 Å². The van der Waals surface area contributed by atoms with Gasteiger partial charge in [-0.05, 0) is 6.42 Å². The minimum absolute atomic E-state index is 0.147. The van der Waals surface area contributed by atoms with E-state index in [1.54, 1.807) is 0 Å². The van der Waals surface area contributed by atoms with Gasteiger partial charge >= 0.3 is 24.1 Å². The second-order valence-electron chi connectivity index (χ2n) is 6.81. The number of rotatable bonds is 7. The molecule has 10 heteroatoms. The first-order valence-electron chi connectivity index (χ1n) is 8.63. The lowest BCUT2D eigenvalue weighted by Gasteiger charge is -2.28. The Hall–Kier alpha value is -2.10. The molecule has 0 spiro atoms. The molecular formula is C17H19F3O7. The smallest absolute Gasteiger partial charge is 0.422 e. The van der Waals surface area contributed by atoms with Gasteiger partial charge in [-0.1, -0.05) is 26.3 Å². The molecule has 0 aromatic heterocycles. The Kier molecular flexibility index (Phi) is 5.20.